The normalized spacial score (nSPS) is 11.2. The SMILES string of the molecule is COc1ccc(-c2noc(COC(=O)CCNS(=O)(=O)c3cccc(Cl)c3)n2)c(OC)c1. The van der Waals surface area contributed by atoms with Crippen molar-refractivity contribution < 1.29 is 31.9 Å². The maximum absolute atomic E-state index is 12.2. The van der Waals surface area contributed by atoms with Crippen LogP contribution >= 0.6 is 11.6 Å². The molecule has 1 N–H and O–H groups in total. The molecule has 0 atom stereocenters. The van der Waals surface area contributed by atoms with Gasteiger partial charge >= 0.3 is 5.97 Å². The first-order valence-corrected chi connectivity index (χ1v) is 11.1. The van der Waals surface area contributed by atoms with Gasteiger partial charge in [-0.1, -0.05) is 22.8 Å². The summed E-state index contributed by atoms with van der Waals surface area (Å²) in [6, 6.07) is 10.9. The van der Waals surface area contributed by atoms with Gasteiger partial charge < -0.3 is 18.7 Å². The number of carbonyl (C=O) groups excluding carboxylic acids is 1. The van der Waals surface area contributed by atoms with Gasteiger partial charge in [-0.2, -0.15) is 4.98 Å². The summed E-state index contributed by atoms with van der Waals surface area (Å²) in [5, 5.41) is 4.15. The Morgan fingerprint density at radius 1 is 1.16 bits per heavy atom. The van der Waals surface area contributed by atoms with E-state index in [1.165, 1.54) is 32.4 Å². The number of hydrogen-bond acceptors (Lipinski definition) is 9. The van der Waals surface area contributed by atoms with Gasteiger partial charge in [0.15, 0.2) is 6.61 Å². The number of nitrogens with zero attached hydrogens (tertiary/aromatic N) is 2. The molecule has 0 saturated carbocycles. The topological polar surface area (TPSA) is 130 Å². The molecule has 170 valence electrons. The number of benzene rings is 2. The second-order valence-electron chi connectivity index (χ2n) is 6.34. The second kappa shape index (κ2) is 10.4. The van der Waals surface area contributed by atoms with Gasteiger partial charge in [0, 0.05) is 17.6 Å². The zero-order valence-electron chi connectivity index (χ0n) is 17.2. The molecule has 12 heteroatoms. The molecule has 0 spiro atoms. The second-order valence-corrected chi connectivity index (χ2v) is 8.55. The van der Waals surface area contributed by atoms with Crippen LogP contribution in [0.4, 0.5) is 0 Å². The van der Waals surface area contributed by atoms with Crippen molar-refractivity contribution in [2.24, 2.45) is 0 Å². The van der Waals surface area contributed by atoms with Crippen molar-refractivity contribution in [3.8, 4) is 22.9 Å². The molecule has 0 fully saturated rings. The Morgan fingerprint density at radius 3 is 2.69 bits per heavy atom. The number of halogens is 1. The largest absolute Gasteiger partial charge is 0.497 e. The van der Waals surface area contributed by atoms with Crippen LogP contribution in [0.25, 0.3) is 11.4 Å². The van der Waals surface area contributed by atoms with Crippen LogP contribution in [0.15, 0.2) is 51.9 Å². The summed E-state index contributed by atoms with van der Waals surface area (Å²) in [4.78, 5) is 16.1. The highest BCUT2D eigenvalue weighted by molar-refractivity contribution is 7.89. The molecule has 3 aromatic rings. The maximum atomic E-state index is 12.2. The number of aromatic nitrogens is 2. The Balaban J connectivity index is 1.51. The smallest absolute Gasteiger partial charge is 0.307 e. The van der Waals surface area contributed by atoms with E-state index in [9.17, 15) is 13.2 Å². The predicted molar refractivity (Wildman–Crippen MR) is 114 cm³/mol. The van der Waals surface area contributed by atoms with Crippen LogP contribution in [0.3, 0.4) is 0 Å². The molecule has 0 aliphatic carbocycles. The fourth-order valence-corrected chi connectivity index (χ4v) is 3.96. The fourth-order valence-electron chi connectivity index (χ4n) is 2.63. The molecule has 32 heavy (non-hydrogen) atoms. The minimum Gasteiger partial charge on any atom is -0.497 e. The monoisotopic (exact) mass is 481 g/mol. The van der Waals surface area contributed by atoms with Crippen molar-refractivity contribution in [2.45, 2.75) is 17.9 Å². The predicted octanol–water partition coefficient (Wildman–Crippen LogP) is 2.82. The Kier molecular flexibility index (Phi) is 7.67. The lowest BCUT2D eigenvalue weighted by Crippen LogP contribution is -2.26. The Bertz CT molecular complexity index is 1200. The van der Waals surface area contributed by atoms with Crippen molar-refractivity contribution in [2.75, 3.05) is 20.8 Å². The Hall–Kier alpha value is -3.15. The van der Waals surface area contributed by atoms with Gasteiger partial charge in [-0.15, -0.1) is 0 Å². The van der Waals surface area contributed by atoms with E-state index in [4.69, 9.17) is 30.3 Å². The molecule has 2 aromatic carbocycles. The number of hydrogen-bond donors (Lipinski definition) is 1. The molecule has 3 rings (SSSR count). The quantitative estimate of drug-likeness (QED) is 0.434. The number of carbonyl (C=O) groups is 1. The molecule has 0 saturated heterocycles. The molecule has 10 nitrogen and oxygen atoms in total. The molecule has 0 unspecified atom stereocenters. The first-order chi connectivity index (χ1) is 15.3. The zero-order valence-corrected chi connectivity index (χ0v) is 18.8. The summed E-state index contributed by atoms with van der Waals surface area (Å²) in [5.74, 6) is 0.783. The number of methoxy groups -OCH3 is 2. The number of nitrogens with one attached hydrogen (secondary N) is 1. The summed E-state index contributed by atoms with van der Waals surface area (Å²) < 4.78 is 47.4. The van der Waals surface area contributed by atoms with Gasteiger partial charge in [-0.05, 0) is 30.3 Å². The van der Waals surface area contributed by atoms with Crippen molar-refractivity contribution in [3.63, 3.8) is 0 Å². The average Bonchev–Trinajstić information content (AvgIpc) is 3.26. The number of rotatable bonds is 10. The number of sulfonamides is 1. The molecular formula is C20H20ClN3O7S. The van der Waals surface area contributed by atoms with E-state index in [1.54, 1.807) is 24.3 Å². The van der Waals surface area contributed by atoms with Crippen molar-refractivity contribution in [3.05, 3.63) is 53.4 Å². The molecular weight excluding hydrogens is 462 g/mol. The molecule has 0 amide bonds. The highest BCUT2D eigenvalue weighted by Crippen LogP contribution is 2.31. The van der Waals surface area contributed by atoms with E-state index in [1.807, 2.05) is 0 Å². The van der Waals surface area contributed by atoms with Crippen LogP contribution in [0, 0.1) is 0 Å². The van der Waals surface area contributed by atoms with E-state index in [0.717, 1.165) is 0 Å². The molecule has 0 aliphatic rings. The van der Waals surface area contributed by atoms with Crippen LogP contribution in [-0.4, -0.2) is 45.3 Å². The average molecular weight is 482 g/mol. The van der Waals surface area contributed by atoms with Crippen LogP contribution < -0.4 is 14.2 Å². The Labute approximate surface area is 189 Å². The van der Waals surface area contributed by atoms with Crippen LogP contribution in [0.2, 0.25) is 5.02 Å². The van der Waals surface area contributed by atoms with Gasteiger partial charge in [0.05, 0.1) is 31.1 Å². The van der Waals surface area contributed by atoms with Gasteiger partial charge in [0.25, 0.3) is 5.89 Å². The summed E-state index contributed by atoms with van der Waals surface area (Å²) in [6.07, 6.45) is -0.187. The highest BCUT2D eigenvalue weighted by Gasteiger charge is 2.17. The van der Waals surface area contributed by atoms with Gasteiger partial charge in [-0.25, -0.2) is 13.1 Å². The molecule has 0 radical (unpaired) electrons. The fraction of sp³-hybridized carbons (Fsp3) is 0.250. The van der Waals surface area contributed by atoms with Gasteiger partial charge in [-0.3, -0.25) is 4.79 Å². The van der Waals surface area contributed by atoms with E-state index in [2.05, 4.69) is 14.9 Å². The van der Waals surface area contributed by atoms with Crippen molar-refractivity contribution in [1.82, 2.24) is 14.9 Å². The lowest BCUT2D eigenvalue weighted by Gasteiger charge is -2.07. The first-order valence-electron chi connectivity index (χ1n) is 9.28. The van der Waals surface area contributed by atoms with E-state index < -0.39 is 16.0 Å². The van der Waals surface area contributed by atoms with E-state index >= 15 is 0 Å². The van der Waals surface area contributed by atoms with E-state index in [0.29, 0.717) is 22.1 Å². The zero-order chi connectivity index (χ0) is 23.1. The highest BCUT2D eigenvalue weighted by atomic mass is 35.5. The van der Waals surface area contributed by atoms with Crippen LogP contribution in [0.5, 0.6) is 11.5 Å². The first kappa shape index (κ1) is 23.5. The minimum atomic E-state index is -3.79. The van der Waals surface area contributed by atoms with Gasteiger partial charge in [0.1, 0.15) is 11.5 Å². The molecule has 0 aliphatic heterocycles. The molecule has 0 bridgehead atoms. The minimum absolute atomic E-state index is 0.00529. The molecule has 1 aromatic heterocycles. The summed E-state index contributed by atoms with van der Waals surface area (Å²) >= 11 is 5.81. The van der Waals surface area contributed by atoms with Crippen LogP contribution in [-0.2, 0) is 26.2 Å². The third-order valence-corrected chi connectivity index (χ3v) is 5.90. The van der Waals surface area contributed by atoms with E-state index in [-0.39, 0.29) is 36.2 Å². The number of esters is 1. The Morgan fingerprint density at radius 2 is 1.97 bits per heavy atom. The summed E-state index contributed by atoms with van der Waals surface area (Å²) in [7, 11) is -0.748. The van der Waals surface area contributed by atoms with Crippen LogP contribution in [0.1, 0.15) is 12.3 Å². The van der Waals surface area contributed by atoms with Crippen molar-refractivity contribution in [1.29, 1.82) is 0 Å². The van der Waals surface area contributed by atoms with Gasteiger partial charge in [0.2, 0.25) is 15.8 Å². The standard InChI is InChI=1S/C20H20ClN3O7S/c1-28-14-6-7-16(17(11-14)29-2)20-23-18(31-24-20)12-30-19(25)8-9-22-32(26,27)15-5-3-4-13(21)10-15/h3-7,10-11,22H,8-9,12H2,1-2H3. The third kappa shape index (κ3) is 5.96. The summed E-state index contributed by atoms with van der Waals surface area (Å²) in [6.45, 7) is -0.406. The molecule has 1 heterocycles. The maximum Gasteiger partial charge on any atom is 0.307 e. The van der Waals surface area contributed by atoms with Crippen molar-refractivity contribution >= 4 is 27.6 Å². The lowest BCUT2D eigenvalue weighted by atomic mass is 10.2. The number of ether oxygens (including phenoxy) is 3. The third-order valence-electron chi connectivity index (χ3n) is 4.20. The lowest BCUT2D eigenvalue weighted by molar-refractivity contribution is -0.145. The summed E-state index contributed by atoms with van der Waals surface area (Å²) in [5.41, 5.74) is 0.574.